The molecular weight excluding hydrogens is 276 g/mol. The van der Waals surface area contributed by atoms with Crippen LogP contribution in [0.25, 0.3) is 10.9 Å². The third kappa shape index (κ3) is 2.00. The molecule has 22 heavy (non-hydrogen) atoms. The van der Waals surface area contributed by atoms with E-state index in [2.05, 4.69) is 16.4 Å². The zero-order valence-electron chi connectivity index (χ0n) is 11.9. The molecule has 0 spiro atoms. The lowest BCUT2D eigenvalue weighted by atomic mass is 9.90. The lowest BCUT2D eigenvalue weighted by Crippen LogP contribution is -2.44. The van der Waals surface area contributed by atoms with Gasteiger partial charge in [0, 0.05) is 23.0 Å². The van der Waals surface area contributed by atoms with Crippen molar-refractivity contribution in [2.45, 2.75) is 18.5 Å². The van der Waals surface area contributed by atoms with Gasteiger partial charge in [-0.05, 0) is 17.2 Å². The summed E-state index contributed by atoms with van der Waals surface area (Å²) in [6, 6.07) is 17.3. The van der Waals surface area contributed by atoms with Crippen molar-refractivity contribution in [3.63, 3.8) is 0 Å². The van der Waals surface area contributed by atoms with Crippen LogP contribution in [-0.2, 0) is 11.2 Å². The van der Waals surface area contributed by atoms with Crippen LogP contribution >= 0.6 is 0 Å². The van der Waals surface area contributed by atoms with E-state index >= 15 is 0 Å². The number of carboxylic acid groups (broad SMARTS) is 1. The Morgan fingerprint density at radius 2 is 1.77 bits per heavy atom. The normalized spacial score (nSPS) is 20.7. The number of benzene rings is 2. The minimum Gasteiger partial charge on any atom is -0.480 e. The molecule has 110 valence electrons. The van der Waals surface area contributed by atoms with Gasteiger partial charge in [-0.25, -0.2) is 0 Å². The predicted molar refractivity (Wildman–Crippen MR) is 84.8 cm³/mol. The van der Waals surface area contributed by atoms with Crippen LogP contribution in [-0.4, -0.2) is 22.1 Å². The molecule has 3 aromatic rings. The summed E-state index contributed by atoms with van der Waals surface area (Å²) in [4.78, 5) is 15.0. The fourth-order valence-electron chi connectivity index (χ4n) is 3.30. The van der Waals surface area contributed by atoms with Crippen molar-refractivity contribution in [3.8, 4) is 0 Å². The van der Waals surface area contributed by atoms with E-state index in [9.17, 15) is 9.90 Å². The lowest BCUT2D eigenvalue weighted by Gasteiger charge is -2.29. The van der Waals surface area contributed by atoms with Crippen LogP contribution < -0.4 is 5.32 Å². The predicted octanol–water partition coefficient (Wildman–Crippen LogP) is 2.86. The zero-order chi connectivity index (χ0) is 15.1. The molecule has 0 fully saturated rings. The molecule has 2 heterocycles. The molecule has 2 atom stereocenters. The smallest absolute Gasteiger partial charge is 0.321 e. The third-order valence-electron chi connectivity index (χ3n) is 4.34. The number of rotatable bonds is 2. The fourth-order valence-corrected chi connectivity index (χ4v) is 3.30. The molecular formula is C18H16N2O2. The second-order valence-corrected chi connectivity index (χ2v) is 5.67. The summed E-state index contributed by atoms with van der Waals surface area (Å²) in [5, 5.41) is 13.8. The molecule has 4 heteroatoms. The van der Waals surface area contributed by atoms with E-state index in [-0.39, 0.29) is 6.04 Å². The Bertz CT molecular complexity index is 839. The zero-order valence-corrected chi connectivity index (χ0v) is 11.9. The minimum absolute atomic E-state index is 0.126. The number of carboxylic acids is 1. The topological polar surface area (TPSA) is 65.1 Å². The number of aromatic nitrogens is 1. The Balaban J connectivity index is 1.91. The maximum Gasteiger partial charge on any atom is 0.321 e. The molecule has 0 bridgehead atoms. The molecule has 4 rings (SSSR count). The first-order valence-corrected chi connectivity index (χ1v) is 7.37. The van der Waals surface area contributed by atoms with Crippen molar-refractivity contribution in [2.24, 2.45) is 0 Å². The lowest BCUT2D eigenvalue weighted by molar-refractivity contribution is -0.139. The number of nitrogens with one attached hydrogen (secondary N) is 2. The second kappa shape index (κ2) is 5.00. The van der Waals surface area contributed by atoms with Gasteiger partial charge < -0.3 is 10.1 Å². The Hall–Kier alpha value is -2.59. The van der Waals surface area contributed by atoms with Gasteiger partial charge in [0.05, 0.1) is 6.04 Å². The fraction of sp³-hybridized carbons (Fsp3) is 0.167. The molecule has 0 unspecified atom stereocenters. The van der Waals surface area contributed by atoms with Gasteiger partial charge in [-0.2, -0.15) is 0 Å². The van der Waals surface area contributed by atoms with Crippen molar-refractivity contribution >= 4 is 16.9 Å². The maximum absolute atomic E-state index is 11.5. The van der Waals surface area contributed by atoms with Gasteiger partial charge in [-0.3, -0.25) is 10.1 Å². The molecule has 1 aliphatic heterocycles. The summed E-state index contributed by atoms with van der Waals surface area (Å²) in [5.74, 6) is -0.808. The van der Waals surface area contributed by atoms with Crippen molar-refractivity contribution in [1.82, 2.24) is 10.3 Å². The summed E-state index contributed by atoms with van der Waals surface area (Å²) >= 11 is 0. The first-order valence-electron chi connectivity index (χ1n) is 7.37. The summed E-state index contributed by atoms with van der Waals surface area (Å²) in [6.07, 6.45) is 0.498. The van der Waals surface area contributed by atoms with Gasteiger partial charge in [-0.1, -0.05) is 48.5 Å². The van der Waals surface area contributed by atoms with Gasteiger partial charge in [0.2, 0.25) is 0 Å². The number of H-pyrrole nitrogens is 1. The van der Waals surface area contributed by atoms with Crippen LogP contribution in [0.2, 0.25) is 0 Å². The van der Waals surface area contributed by atoms with E-state index in [1.54, 1.807) is 0 Å². The molecule has 1 aliphatic rings. The Kier molecular flexibility index (Phi) is 2.98. The molecule has 0 saturated carbocycles. The van der Waals surface area contributed by atoms with Crippen molar-refractivity contribution in [3.05, 3.63) is 71.4 Å². The van der Waals surface area contributed by atoms with Crippen molar-refractivity contribution in [2.75, 3.05) is 0 Å². The standard InChI is InChI=1S/C18H16N2O2/c21-18(22)15-10-13-12-8-4-5-9-14(12)19-17(13)16(20-15)11-6-2-1-3-7-11/h1-9,15-16,19-20H,10H2,(H,21,22)/t15-,16+/m0/s1. The number of hydrogen-bond acceptors (Lipinski definition) is 2. The van der Waals surface area contributed by atoms with E-state index in [1.807, 2.05) is 48.5 Å². The highest BCUT2D eigenvalue weighted by atomic mass is 16.4. The number of aromatic amines is 1. The summed E-state index contributed by atoms with van der Waals surface area (Å²) in [7, 11) is 0. The van der Waals surface area contributed by atoms with Crippen LogP contribution in [0.4, 0.5) is 0 Å². The largest absolute Gasteiger partial charge is 0.480 e. The Labute approximate surface area is 127 Å². The number of aliphatic carboxylic acids is 1. The monoisotopic (exact) mass is 292 g/mol. The quantitative estimate of drug-likeness (QED) is 0.680. The van der Waals surface area contributed by atoms with Crippen molar-refractivity contribution < 1.29 is 9.90 Å². The van der Waals surface area contributed by atoms with Crippen LogP contribution in [0.1, 0.15) is 22.9 Å². The SMILES string of the molecule is O=C(O)[C@@H]1Cc2c([nH]c3ccccc23)[C@@H](c2ccccc2)N1. The molecule has 0 radical (unpaired) electrons. The van der Waals surface area contributed by atoms with Crippen molar-refractivity contribution in [1.29, 1.82) is 0 Å². The number of hydrogen-bond donors (Lipinski definition) is 3. The average Bonchev–Trinajstić information content (AvgIpc) is 2.93. The van der Waals surface area contributed by atoms with E-state index in [1.165, 1.54) is 0 Å². The average molecular weight is 292 g/mol. The van der Waals surface area contributed by atoms with E-state index in [4.69, 9.17) is 0 Å². The molecule has 0 amide bonds. The summed E-state index contributed by atoms with van der Waals surface area (Å²) in [6.45, 7) is 0. The molecule has 0 saturated heterocycles. The highest BCUT2D eigenvalue weighted by Crippen LogP contribution is 2.35. The second-order valence-electron chi connectivity index (χ2n) is 5.67. The van der Waals surface area contributed by atoms with Gasteiger partial charge in [0.15, 0.2) is 0 Å². The molecule has 1 aromatic heterocycles. The Morgan fingerprint density at radius 1 is 1.05 bits per heavy atom. The summed E-state index contributed by atoms with van der Waals surface area (Å²) < 4.78 is 0. The van der Waals surface area contributed by atoms with E-state index in [0.717, 1.165) is 27.7 Å². The van der Waals surface area contributed by atoms with Crippen LogP contribution in [0.3, 0.4) is 0 Å². The first kappa shape index (κ1) is 13.1. The number of carbonyl (C=O) groups is 1. The van der Waals surface area contributed by atoms with Crippen LogP contribution in [0.5, 0.6) is 0 Å². The number of para-hydroxylation sites is 1. The third-order valence-corrected chi connectivity index (χ3v) is 4.34. The minimum atomic E-state index is -0.808. The molecule has 2 aromatic carbocycles. The van der Waals surface area contributed by atoms with Crippen LogP contribution in [0, 0.1) is 0 Å². The maximum atomic E-state index is 11.5. The van der Waals surface area contributed by atoms with Crippen LogP contribution in [0.15, 0.2) is 54.6 Å². The van der Waals surface area contributed by atoms with E-state index in [0.29, 0.717) is 6.42 Å². The Morgan fingerprint density at radius 3 is 2.55 bits per heavy atom. The van der Waals surface area contributed by atoms with Gasteiger partial charge >= 0.3 is 5.97 Å². The van der Waals surface area contributed by atoms with Gasteiger partial charge in [0.25, 0.3) is 0 Å². The first-order chi connectivity index (χ1) is 10.7. The summed E-state index contributed by atoms with van der Waals surface area (Å²) in [5.41, 5.74) is 4.31. The highest BCUT2D eigenvalue weighted by Gasteiger charge is 2.33. The number of fused-ring (bicyclic) bond motifs is 3. The molecule has 3 N–H and O–H groups in total. The van der Waals surface area contributed by atoms with E-state index < -0.39 is 12.0 Å². The highest BCUT2D eigenvalue weighted by molar-refractivity contribution is 5.87. The molecule has 4 nitrogen and oxygen atoms in total. The van der Waals surface area contributed by atoms with Gasteiger partial charge in [-0.15, -0.1) is 0 Å². The van der Waals surface area contributed by atoms with Gasteiger partial charge in [0.1, 0.15) is 6.04 Å². The molecule has 0 aliphatic carbocycles.